The van der Waals surface area contributed by atoms with E-state index in [2.05, 4.69) is 9.97 Å². The summed E-state index contributed by atoms with van der Waals surface area (Å²) in [4.78, 5) is 8.98. The zero-order valence-corrected chi connectivity index (χ0v) is 19.3. The monoisotopic (exact) mass is 467 g/mol. The average Bonchev–Trinajstić information content (AvgIpc) is 3.03. The average molecular weight is 468 g/mol. The highest BCUT2D eigenvalue weighted by Gasteiger charge is 2.56. The number of fused-ring (bicyclic) bond motifs is 1. The highest BCUT2D eigenvalue weighted by Crippen LogP contribution is 2.45. The second-order valence-electron chi connectivity index (χ2n) is 9.35. The van der Waals surface area contributed by atoms with Gasteiger partial charge in [0.25, 0.3) is 0 Å². The van der Waals surface area contributed by atoms with Crippen LogP contribution in [0.3, 0.4) is 0 Å². The number of H-pyrrole nitrogens is 1. The van der Waals surface area contributed by atoms with Gasteiger partial charge in [-0.3, -0.25) is 4.98 Å². The van der Waals surface area contributed by atoms with Gasteiger partial charge in [-0.25, -0.2) is 4.39 Å². The van der Waals surface area contributed by atoms with E-state index in [1.807, 2.05) is 19.0 Å². The Morgan fingerprint density at radius 2 is 1.85 bits per heavy atom. The van der Waals surface area contributed by atoms with Crippen molar-refractivity contribution in [1.82, 2.24) is 14.9 Å². The van der Waals surface area contributed by atoms with E-state index in [1.165, 1.54) is 33.1 Å². The molecule has 0 aliphatic heterocycles. The Morgan fingerprint density at radius 1 is 1.15 bits per heavy atom. The lowest BCUT2D eigenvalue weighted by Crippen LogP contribution is -2.51. The number of aromatic nitrogens is 2. The third-order valence-electron chi connectivity index (χ3n) is 5.89. The molecule has 0 saturated heterocycles. The molecule has 0 saturated carbocycles. The maximum Gasteiger partial charge on any atom is 0.417 e. The molecule has 5 nitrogen and oxygen atoms in total. The minimum atomic E-state index is -4.93. The van der Waals surface area contributed by atoms with E-state index in [9.17, 15) is 22.7 Å². The van der Waals surface area contributed by atoms with Crippen molar-refractivity contribution in [3.05, 3.63) is 59.3 Å². The van der Waals surface area contributed by atoms with Crippen molar-refractivity contribution in [3.8, 4) is 5.75 Å². The van der Waals surface area contributed by atoms with Gasteiger partial charge in [0.05, 0.1) is 7.11 Å². The maximum atomic E-state index is 14.4. The largest absolute Gasteiger partial charge is 0.496 e. The molecule has 2 heterocycles. The van der Waals surface area contributed by atoms with Crippen LogP contribution in [0.4, 0.5) is 17.6 Å². The number of benzene rings is 1. The van der Waals surface area contributed by atoms with Crippen molar-refractivity contribution >= 4 is 10.9 Å². The van der Waals surface area contributed by atoms with Crippen LogP contribution in [0.5, 0.6) is 5.75 Å². The summed E-state index contributed by atoms with van der Waals surface area (Å²) in [6.07, 6.45) is -3.16. The van der Waals surface area contributed by atoms with Crippen molar-refractivity contribution in [2.75, 3.05) is 21.2 Å². The molecule has 0 radical (unpaired) electrons. The summed E-state index contributed by atoms with van der Waals surface area (Å²) in [6.45, 7) is 3.45. The molecular formula is C24H29F4N3O2. The number of hydrogen-bond donors (Lipinski definition) is 2. The topological polar surface area (TPSA) is 61.4 Å². The molecule has 3 aromatic rings. The van der Waals surface area contributed by atoms with E-state index >= 15 is 0 Å². The number of alkyl halides is 3. The minimum absolute atomic E-state index is 0.252. The normalized spacial score (nSPS) is 14.6. The first-order chi connectivity index (χ1) is 15.3. The van der Waals surface area contributed by atoms with Crippen molar-refractivity contribution in [3.63, 3.8) is 0 Å². The van der Waals surface area contributed by atoms with E-state index in [-0.39, 0.29) is 17.0 Å². The van der Waals surface area contributed by atoms with Gasteiger partial charge in [-0.05, 0) is 55.8 Å². The van der Waals surface area contributed by atoms with Crippen LogP contribution in [0.25, 0.3) is 10.9 Å². The Bertz CT molecular complexity index is 1120. The van der Waals surface area contributed by atoms with Gasteiger partial charge in [0.2, 0.25) is 0 Å². The lowest BCUT2D eigenvalue weighted by Gasteiger charge is -2.38. The van der Waals surface area contributed by atoms with Crippen LogP contribution in [0, 0.1) is 5.82 Å². The van der Waals surface area contributed by atoms with Crippen molar-refractivity contribution < 1.29 is 27.4 Å². The summed E-state index contributed by atoms with van der Waals surface area (Å²) in [7, 11) is 5.00. The maximum absolute atomic E-state index is 14.4. The number of hydrogen-bond acceptors (Lipinski definition) is 4. The first-order valence-electron chi connectivity index (χ1n) is 10.5. The summed E-state index contributed by atoms with van der Waals surface area (Å²) >= 11 is 0. The molecule has 2 N–H and O–H groups in total. The molecule has 1 unspecified atom stereocenters. The molecule has 0 aliphatic rings. The number of aromatic amines is 1. The SMILES string of the molecule is COc1ccc(F)cc1C(C)(C)CC(O)(Cc1[nH]c2ccncc2c1CN(C)C)C(F)(F)F. The molecule has 1 atom stereocenters. The van der Waals surface area contributed by atoms with E-state index < -0.39 is 35.9 Å². The Kier molecular flexibility index (Phi) is 6.77. The van der Waals surface area contributed by atoms with Crippen LogP contribution in [0.2, 0.25) is 0 Å². The second-order valence-corrected chi connectivity index (χ2v) is 9.35. The number of rotatable bonds is 8. The third-order valence-corrected chi connectivity index (χ3v) is 5.89. The lowest BCUT2D eigenvalue weighted by molar-refractivity contribution is -0.266. The number of methoxy groups -OCH3 is 1. The lowest BCUT2D eigenvalue weighted by atomic mass is 9.73. The Hall–Kier alpha value is -2.65. The second kappa shape index (κ2) is 8.95. The zero-order valence-electron chi connectivity index (χ0n) is 19.3. The number of aliphatic hydroxyl groups is 1. The van der Waals surface area contributed by atoms with Gasteiger partial charge in [-0.1, -0.05) is 13.8 Å². The molecule has 0 aliphatic carbocycles. The first kappa shape index (κ1) is 25.0. The summed E-state index contributed by atoms with van der Waals surface area (Å²) in [6, 6.07) is 5.40. The molecule has 3 rings (SSSR count). The van der Waals surface area contributed by atoms with Crippen LogP contribution in [-0.2, 0) is 18.4 Å². The minimum Gasteiger partial charge on any atom is -0.496 e. The number of ether oxygens (including phenoxy) is 1. The Labute approximate surface area is 190 Å². The molecule has 2 aromatic heterocycles. The molecule has 0 bridgehead atoms. The van der Waals surface area contributed by atoms with E-state index in [4.69, 9.17) is 4.74 Å². The predicted octanol–water partition coefficient (Wildman–Crippen LogP) is 4.98. The van der Waals surface area contributed by atoms with Gasteiger partial charge in [-0.2, -0.15) is 13.2 Å². The fourth-order valence-electron chi connectivity index (χ4n) is 4.38. The fraction of sp³-hybridized carbons (Fsp3) is 0.458. The van der Waals surface area contributed by atoms with Gasteiger partial charge in [-0.15, -0.1) is 0 Å². The highest BCUT2D eigenvalue weighted by molar-refractivity contribution is 5.83. The molecule has 0 spiro atoms. The molecule has 33 heavy (non-hydrogen) atoms. The number of nitrogens with one attached hydrogen (secondary N) is 1. The van der Waals surface area contributed by atoms with E-state index in [1.54, 1.807) is 18.5 Å². The number of nitrogens with zero attached hydrogens (tertiary/aromatic N) is 2. The summed E-state index contributed by atoms with van der Waals surface area (Å²) in [5, 5.41) is 11.8. The fourth-order valence-corrected chi connectivity index (χ4v) is 4.38. The summed E-state index contributed by atoms with van der Waals surface area (Å²) < 4.78 is 62.3. The third kappa shape index (κ3) is 5.14. The van der Waals surface area contributed by atoms with Crippen LogP contribution < -0.4 is 4.74 Å². The Morgan fingerprint density at radius 3 is 2.45 bits per heavy atom. The summed E-state index contributed by atoms with van der Waals surface area (Å²) in [5.74, 6) is -0.332. The van der Waals surface area contributed by atoms with Gasteiger partial charge >= 0.3 is 6.18 Å². The van der Waals surface area contributed by atoms with Crippen LogP contribution in [0.15, 0.2) is 36.7 Å². The molecule has 0 fully saturated rings. The molecular weight excluding hydrogens is 438 g/mol. The highest BCUT2D eigenvalue weighted by atomic mass is 19.4. The molecule has 180 valence electrons. The Balaban J connectivity index is 2.07. The van der Waals surface area contributed by atoms with E-state index in [0.29, 0.717) is 23.0 Å². The quantitative estimate of drug-likeness (QED) is 0.459. The molecule has 9 heteroatoms. The summed E-state index contributed by atoms with van der Waals surface area (Å²) in [5.41, 5.74) is -2.51. The van der Waals surface area contributed by atoms with Crippen molar-refractivity contribution in [2.24, 2.45) is 0 Å². The van der Waals surface area contributed by atoms with Crippen LogP contribution in [0.1, 0.15) is 37.1 Å². The van der Waals surface area contributed by atoms with Crippen LogP contribution >= 0.6 is 0 Å². The predicted molar refractivity (Wildman–Crippen MR) is 119 cm³/mol. The smallest absolute Gasteiger partial charge is 0.417 e. The number of pyridine rings is 1. The van der Waals surface area contributed by atoms with Gasteiger partial charge in [0.1, 0.15) is 11.6 Å². The molecule has 1 aromatic carbocycles. The van der Waals surface area contributed by atoms with Gasteiger partial charge in [0.15, 0.2) is 5.60 Å². The van der Waals surface area contributed by atoms with E-state index in [0.717, 1.165) is 6.07 Å². The van der Waals surface area contributed by atoms with Crippen molar-refractivity contribution in [1.29, 1.82) is 0 Å². The first-order valence-corrected chi connectivity index (χ1v) is 10.5. The zero-order chi connectivity index (χ0) is 24.6. The number of halogens is 4. The molecule has 0 amide bonds. The standard InChI is InChI=1S/C24H29F4N3O2/c1-22(2,18-10-15(25)6-7-21(18)33-5)14-23(32,24(26,27)28)11-20-17(13-31(3)4)16-12-29-9-8-19(16)30-20/h6-10,12,30,32H,11,13-14H2,1-5H3. The van der Waals surface area contributed by atoms with Crippen LogP contribution in [-0.4, -0.2) is 53.0 Å². The van der Waals surface area contributed by atoms with Gasteiger partial charge in [0, 0.05) is 47.5 Å². The van der Waals surface area contributed by atoms with Crippen molar-refractivity contribution in [2.45, 2.75) is 50.4 Å². The van der Waals surface area contributed by atoms with Gasteiger partial charge < -0.3 is 19.7 Å².